The van der Waals surface area contributed by atoms with E-state index < -0.39 is 5.97 Å². The molecular weight excluding hydrogens is 337 g/mol. The molecule has 0 bridgehead atoms. The SMILES string of the molecule is O=C(O)Cc1ccccc1CNCc1cc(F)ccc1Br. The second-order valence-corrected chi connectivity index (χ2v) is 5.53. The third kappa shape index (κ3) is 4.65. The Morgan fingerprint density at radius 2 is 1.76 bits per heavy atom. The summed E-state index contributed by atoms with van der Waals surface area (Å²) in [4.78, 5) is 10.8. The number of carbonyl (C=O) groups is 1. The molecule has 2 N–H and O–H groups in total. The van der Waals surface area contributed by atoms with Gasteiger partial charge in [0.2, 0.25) is 0 Å². The molecule has 0 unspecified atom stereocenters. The van der Waals surface area contributed by atoms with Crippen LogP contribution in [0.3, 0.4) is 0 Å². The van der Waals surface area contributed by atoms with Gasteiger partial charge < -0.3 is 10.4 Å². The minimum Gasteiger partial charge on any atom is -0.481 e. The quantitative estimate of drug-likeness (QED) is 0.837. The van der Waals surface area contributed by atoms with Gasteiger partial charge in [0.1, 0.15) is 5.82 Å². The lowest BCUT2D eigenvalue weighted by Gasteiger charge is -2.10. The zero-order chi connectivity index (χ0) is 15.2. The van der Waals surface area contributed by atoms with Crippen molar-refractivity contribution in [3.63, 3.8) is 0 Å². The molecule has 21 heavy (non-hydrogen) atoms. The maximum Gasteiger partial charge on any atom is 0.307 e. The number of hydrogen-bond donors (Lipinski definition) is 2. The molecule has 0 radical (unpaired) electrons. The summed E-state index contributed by atoms with van der Waals surface area (Å²) in [6.07, 6.45) is 0.00150. The zero-order valence-electron chi connectivity index (χ0n) is 11.3. The molecular formula is C16H15BrFNO2. The first-order chi connectivity index (χ1) is 10.1. The third-order valence-electron chi connectivity index (χ3n) is 3.10. The Balaban J connectivity index is 2.00. The van der Waals surface area contributed by atoms with Gasteiger partial charge in [-0.2, -0.15) is 0 Å². The summed E-state index contributed by atoms with van der Waals surface area (Å²) in [5.74, 6) is -1.13. The lowest BCUT2D eigenvalue weighted by atomic mass is 10.0. The van der Waals surface area contributed by atoms with Crippen molar-refractivity contribution in [2.24, 2.45) is 0 Å². The summed E-state index contributed by atoms with van der Waals surface area (Å²) in [5, 5.41) is 12.1. The fraction of sp³-hybridized carbons (Fsp3) is 0.188. The molecule has 110 valence electrons. The topological polar surface area (TPSA) is 49.3 Å². The molecule has 5 heteroatoms. The number of hydrogen-bond acceptors (Lipinski definition) is 2. The van der Waals surface area contributed by atoms with Crippen LogP contribution < -0.4 is 5.32 Å². The molecule has 3 nitrogen and oxygen atoms in total. The fourth-order valence-electron chi connectivity index (χ4n) is 2.08. The minimum absolute atomic E-state index is 0.00150. The monoisotopic (exact) mass is 351 g/mol. The lowest BCUT2D eigenvalue weighted by Crippen LogP contribution is -2.15. The first-order valence-corrected chi connectivity index (χ1v) is 7.29. The maximum absolute atomic E-state index is 13.2. The van der Waals surface area contributed by atoms with Crippen LogP contribution in [0.2, 0.25) is 0 Å². The number of nitrogens with one attached hydrogen (secondary N) is 1. The molecule has 2 aromatic rings. The van der Waals surface area contributed by atoms with Gasteiger partial charge in [-0.15, -0.1) is 0 Å². The van der Waals surface area contributed by atoms with Crippen LogP contribution in [0, 0.1) is 5.82 Å². The first kappa shape index (κ1) is 15.7. The highest BCUT2D eigenvalue weighted by molar-refractivity contribution is 9.10. The van der Waals surface area contributed by atoms with Gasteiger partial charge >= 0.3 is 5.97 Å². The summed E-state index contributed by atoms with van der Waals surface area (Å²) >= 11 is 3.38. The summed E-state index contributed by atoms with van der Waals surface area (Å²) in [6, 6.07) is 11.9. The van der Waals surface area contributed by atoms with Crippen molar-refractivity contribution in [1.29, 1.82) is 0 Å². The van der Waals surface area contributed by atoms with E-state index in [1.807, 2.05) is 24.3 Å². The molecule has 2 rings (SSSR count). The number of carboxylic acid groups (broad SMARTS) is 1. The predicted octanol–water partition coefficient (Wildman–Crippen LogP) is 3.51. The fourth-order valence-corrected chi connectivity index (χ4v) is 2.46. The van der Waals surface area contributed by atoms with E-state index in [1.54, 1.807) is 6.07 Å². The number of carboxylic acids is 1. The molecule has 0 heterocycles. The van der Waals surface area contributed by atoms with Crippen molar-refractivity contribution < 1.29 is 14.3 Å². The van der Waals surface area contributed by atoms with E-state index in [0.29, 0.717) is 13.1 Å². The van der Waals surface area contributed by atoms with Gasteiger partial charge in [-0.05, 0) is 34.9 Å². The lowest BCUT2D eigenvalue weighted by molar-refractivity contribution is -0.136. The van der Waals surface area contributed by atoms with Crippen molar-refractivity contribution >= 4 is 21.9 Å². The molecule has 0 fully saturated rings. The molecule has 2 aromatic carbocycles. The van der Waals surface area contributed by atoms with Crippen LogP contribution >= 0.6 is 15.9 Å². The standard InChI is InChI=1S/C16H15BrFNO2/c17-15-6-5-14(18)7-13(15)10-19-9-12-4-2-1-3-11(12)8-16(20)21/h1-7,19H,8-10H2,(H,20,21). The van der Waals surface area contributed by atoms with E-state index >= 15 is 0 Å². The second-order valence-electron chi connectivity index (χ2n) is 4.68. The Morgan fingerprint density at radius 1 is 1.10 bits per heavy atom. The van der Waals surface area contributed by atoms with Crippen molar-refractivity contribution in [2.75, 3.05) is 0 Å². The van der Waals surface area contributed by atoms with Gasteiger partial charge in [-0.25, -0.2) is 4.39 Å². The van der Waals surface area contributed by atoms with Gasteiger partial charge in [-0.3, -0.25) is 4.79 Å². The van der Waals surface area contributed by atoms with E-state index in [1.165, 1.54) is 12.1 Å². The molecule has 0 aliphatic rings. The van der Waals surface area contributed by atoms with Crippen LogP contribution in [0.15, 0.2) is 46.9 Å². The highest BCUT2D eigenvalue weighted by atomic mass is 79.9. The molecule has 0 aromatic heterocycles. The molecule has 0 spiro atoms. The van der Waals surface area contributed by atoms with Gasteiger partial charge in [0.15, 0.2) is 0 Å². The summed E-state index contributed by atoms with van der Waals surface area (Å²) < 4.78 is 14.0. The van der Waals surface area contributed by atoms with Gasteiger partial charge in [0.05, 0.1) is 6.42 Å². The van der Waals surface area contributed by atoms with Crippen molar-refractivity contribution in [3.8, 4) is 0 Å². The van der Waals surface area contributed by atoms with E-state index in [0.717, 1.165) is 21.2 Å². The van der Waals surface area contributed by atoms with Crippen LogP contribution in [0.25, 0.3) is 0 Å². The van der Waals surface area contributed by atoms with Crippen LogP contribution in [-0.2, 0) is 24.3 Å². The van der Waals surface area contributed by atoms with Crippen LogP contribution in [-0.4, -0.2) is 11.1 Å². The minimum atomic E-state index is -0.852. The van der Waals surface area contributed by atoms with Gasteiger partial charge in [-0.1, -0.05) is 40.2 Å². The van der Waals surface area contributed by atoms with Crippen LogP contribution in [0.1, 0.15) is 16.7 Å². The van der Waals surface area contributed by atoms with Gasteiger partial charge in [0, 0.05) is 17.6 Å². The molecule has 0 aliphatic heterocycles. The van der Waals surface area contributed by atoms with Gasteiger partial charge in [0.25, 0.3) is 0 Å². The molecule has 0 amide bonds. The summed E-state index contributed by atoms with van der Waals surface area (Å²) in [7, 11) is 0. The zero-order valence-corrected chi connectivity index (χ0v) is 12.9. The second kappa shape index (κ2) is 7.33. The third-order valence-corrected chi connectivity index (χ3v) is 3.87. The van der Waals surface area contributed by atoms with Crippen molar-refractivity contribution in [2.45, 2.75) is 19.5 Å². The average molecular weight is 352 g/mol. The molecule has 0 saturated heterocycles. The Kier molecular flexibility index (Phi) is 5.47. The molecule has 0 saturated carbocycles. The normalized spacial score (nSPS) is 10.6. The largest absolute Gasteiger partial charge is 0.481 e. The van der Waals surface area contributed by atoms with E-state index in [9.17, 15) is 9.18 Å². The molecule has 0 aliphatic carbocycles. The summed E-state index contributed by atoms with van der Waals surface area (Å²) in [5.41, 5.74) is 2.55. The Labute approximate surface area is 130 Å². The maximum atomic E-state index is 13.2. The average Bonchev–Trinajstić information content (AvgIpc) is 2.44. The Hall–Kier alpha value is -1.72. The predicted molar refractivity (Wildman–Crippen MR) is 82.4 cm³/mol. The van der Waals surface area contributed by atoms with E-state index in [4.69, 9.17) is 5.11 Å². The summed E-state index contributed by atoms with van der Waals surface area (Å²) in [6.45, 7) is 1.03. The number of benzene rings is 2. The van der Waals surface area contributed by atoms with Crippen LogP contribution in [0.4, 0.5) is 4.39 Å². The Bertz CT molecular complexity index is 646. The van der Waals surface area contributed by atoms with Crippen molar-refractivity contribution in [3.05, 3.63) is 69.4 Å². The number of halogens is 2. The number of aliphatic carboxylic acids is 1. The van der Waals surface area contributed by atoms with Crippen LogP contribution in [0.5, 0.6) is 0 Å². The highest BCUT2D eigenvalue weighted by Gasteiger charge is 2.07. The molecule has 0 atom stereocenters. The smallest absolute Gasteiger partial charge is 0.307 e. The van der Waals surface area contributed by atoms with E-state index in [-0.39, 0.29) is 12.2 Å². The van der Waals surface area contributed by atoms with E-state index in [2.05, 4.69) is 21.2 Å². The number of rotatable bonds is 6. The van der Waals surface area contributed by atoms with Crippen molar-refractivity contribution in [1.82, 2.24) is 5.32 Å². The highest BCUT2D eigenvalue weighted by Crippen LogP contribution is 2.18. The Morgan fingerprint density at radius 3 is 2.48 bits per heavy atom. The first-order valence-electron chi connectivity index (χ1n) is 6.49.